The molecule has 0 aliphatic heterocycles. The Labute approximate surface area is 115 Å². The Balaban J connectivity index is 2.88. The second kappa shape index (κ2) is 6.19. The summed E-state index contributed by atoms with van der Waals surface area (Å²) in [5.74, 6) is -0.774. The minimum atomic E-state index is -0.500. The van der Waals surface area contributed by atoms with Gasteiger partial charge in [-0.05, 0) is 18.6 Å². The number of benzene rings is 1. The summed E-state index contributed by atoms with van der Waals surface area (Å²) in [6, 6.07) is 5.01. The molecule has 0 radical (unpaired) electrons. The Morgan fingerprint density at radius 1 is 1.53 bits per heavy atom. The molecule has 0 saturated carbocycles. The number of thiocarbonyl (C=S) groups is 1. The van der Waals surface area contributed by atoms with Gasteiger partial charge in [0, 0.05) is 0 Å². The van der Waals surface area contributed by atoms with Crippen molar-refractivity contribution >= 4 is 52.0 Å². The average molecular weight is 291 g/mol. The Hall–Kier alpha value is -0.840. The van der Waals surface area contributed by atoms with E-state index in [0.717, 1.165) is 0 Å². The first-order chi connectivity index (χ1) is 7.97. The lowest BCUT2D eigenvalue weighted by atomic mass is 10.1. The molecule has 0 heterocycles. The van der Waals surface area contributed by atoms with E-state index in [1.807, 2.05) is 6.92 Å². The van der Waals surface area contributed by atoms with Gasteiger partial charge >= 0.3 is 0 Å². The van der Waals surface area contributed by atoms with Crippen molar-refractivity contribution < 1.29 is 4.79 Å². The molecule has 1 amide bonds. The van der Waals surface area contributed by atoms with Crippen molar-refractivity contribution in [2.24, 2.45) is 11.7 Å². The van der Waals surface area contributed by atoms with Gasteiger partial charge in [-0.1, -0.05) is 48.4 Å². The van der Waals surface area contributed by atoms with Crippen molar-refractivity contribution in [3.05, 3.63) is 28.2 Å². The highest BCUT2D eigenvalue weighted by molar-refractivity contribution is 7.80. The normalized spacial score (nSPS) is 11.9. The molecule has 1 unspecified atom stereocenters. The number of hydrogen-bond acceptors (Lipinski definition) is 2. The molecule has 17 heavy (non-hydrogen) atoms. The summed E-state index contributed by atoms with van der Waals surface area (Å²) in [6.45, 7) is 1.84. The lowest BCUT2D eigenvalue weighted by Gasteiger charge is -2.14. The van der Waals surface area contributed by atoms with E-state index >= 15 is 0 Å². The molecule has 0 aliphatic rings. The van der Waals surface area contributed by atoms with Crippen LogP contribution < -0.4 is 11.1 Å². The fourth-order valence-corrected chi connectivity index (χ4v) is 1.96. The highest BCUT2D eigenvalue weighted by atomic mass is 35.5. The van der Waals surface area contributed by atoms with Crippen LogP contribution in [0.1, 0.15) is 13.3 Å². The standard InChI is InChI=1S/C11H12Cl2N2OS/c1-2-6(10(14)17)11(16)15-8-5-3-4-7(12)9(8)13/h3-6H,2H2,1H3,(H2,14,17)(H,15,16). The molecule has 0 aromatic heterocycles. The molecule has 6 heteroatoms. The predicted octanol–water partition coefficient (Wildman–Crippen LogP) is 3.24. The van der Waals surface area contributed by atoms with E-state index < -0.39 is 5.92 Å². The van der Waals surface area contributed by atoms with Crippen LogP contribution in [0.2, 0.25) is 10.0 Å². The maximum absolute atomic E-state index is 11.9. The van der Waals surface area contributed by atoms with E-state index in [9.17, 15) is 4.79 Å². The van der Waals surface area contributed by atoms with E-state index in [-0.39, 0.29) is 10.9 Å². The Kier molecular flexibility index (Phi) is 5.18. The maximum Gasteiger partial charge on any atom is 0.234 e. The highest BCUT2D eigenvalue weighted by Gasteiger charge is 2.20. The van der Waals surface area contributed by atoms with Crippen LogP contribution in [0.25, 0.3) is 0 Å². The summed E-state index contributed by atoms with van der Waals surface area (Å²) in [5.41, 5.74) is 5.94. The Morgan fingerprint density at radius 2 is 2.18 bits per heavy atom. The smallest absolute Gasteiger partial charge is 0.234 e. The van der Waals surface area contributed by atoms with Gasteiger partial charge in [0.05, 0.1) is 26.6 Å². The van der Waals surface area contributed by atoms with Crippen molar-refractivity contribution in [3.63, 3.8) is 0 Å². The van der Waals surface area contributed by atoms with Crippen molar-refractivity contribution in [2.45, 2.75) is 13.3 Å². The number of anilines is 1. The van der Waals surface area contributed by atoms with Crippen LogP contribution in [0.15, 0.2) is 18.2 Å². The fraction of sp³-hybridized carbons (Fsp3) is 0.273. The van der Waals surface area contributed by atoms with Crippen molar-refractivity contribution in [3.8, 4) is 0 Å². The van der Waals surface area contributed by atoms with Crippen molar-refractivity contribution in [1.82, 2.24) is 0 Å². The van der Waals surface area contributed by atoms with Crippen LogP contribution in [0, 0.1) is 5.92 Å². The van der Waals surface area contributed by atoms with E-state index in [0.29, 0.717) is 22.2 Å². The Bertz CT molecular complexity index is 451. The van der Waals surface area contributed by atoms with E-state index in [4.69, 9.17) is 41.2 Å². The monoisotopic (exact) mass is 290 g/mol. The van der Waals surface area contributed by atoms with Crippen molar-refractivity contribution in [2.75, 3.05) is 5.32 Å². The van der Waals surface area contributed by atoms with Gasteiger partial charge in [-0.15, -0.1) is 0 Å². The van der Waals surface area contributed by atoms with E-state index in [2.05, 4.69) is 5.32 Å². The Morgan fingerprint density at radius 3 is 2.71 bits per heavy atom. The lowest BCUT2D eigenvalue weighted by Crippen LogP contribution is -2.32. The third kappa shape index (κ3) is 3.56. The van der Waals surface area contributed by atoms with Gasteiger partial charge < -0.3 is 11.1 Å². The van der Waals surface area contributed by atoms with Crippen molar-refractivity contribution in [1.29, 1.82) is 0 Å². The molecule has 1 aromatic rings. The molecule has 0 fully saturated rings. The number of halogens is 2. The highest BCUT2D eigenvalue weighted by Crippen LogP contribution is 2.29. The third-order valence-electron chi connectivity index (χ3n) is 2.28. The second-order valence-corrected chi connectivity index (χ2v) is 4.71. The average Bonchev–Trinajstić information content (AvgIpc) is 2.25. The number of carbonyl (C=O) groups excluding carboxylic acids is 1. The summed E-state index contributed by atoms with van der Waals surface area (Å²) < 4.78 is 0. The molecule has 0 bridgehead atoms. The zero-order chi connectivity index (χ0) is 13.0. The topological polar surface area (TPSA) is 55.1 Å². The van der Waals surface area contributed by atoms with Gasteiger partial charge in [-0.3, -0.25) is 4.79 Å². The summed E-state index contributed by atoms with van der Waals surface area (Å²) in [5, 5.41) is 3.35. The number of amides is 1. The molecule has 1 atom stereocenters. The van der Waals surface area contributed by atoms with Gasteiger partial charge in [0.25, 0.3) is 0 Å². The van der Waals surface area contributed by atoms with Crippen LogP contribution in [0.5, 0.6) is 0 Å². The summed E-state index contributed by atoms with van der Waals surface area (Å²) in [4.78, 5) is 12.0. The first kappa shape index (κ1) is 14.2. The van der Waals surface area contributed by atoms with Crippen LogP contribution in [0.4, 0.5) is 5.69 Å². The summed E-state index contributed by atoms with van der Waals surface area (Å²) in [7, 11) is 0. The number of nitrogens with two attached hydrogens (primary N) is 1. The van der Waals surface area contributed by atoms with Crippen LogP contribution in [0.3, 0.4) is 0 Å². The lowest BCUT2D eigenvalue weighted by molar-refractivity contribution is -0.118. The quantitative estimate of drug-likeness (QED) is 0.837. The van der Waals surface area contributed by atoms with Crippen LogP contribution in [-0.4, -0.2) is 10.9 Å². The first-order valence-electron chi connectivity index (χ1n) is 5.01. The van der Waals surface area contributed by atoms with Crippen LogP contribution >= 0.6 is 35.4 Å². The molecular weight excluding hydrogens is 279 g/mol. The molecule has 0 saturated heterocycles. The van der Waals surface area contributed by atoms with Gasteiger partial charge in [0.2, 0.25) is 5.91 Å². The zero-order valence-electron chi connectivity index (χ0n) is 9.17. The summed E-state index contributed by atoms with van der Waals surface area (Å²) in [6.07, 6.45) is 0.541. The first-order valence-corrected chi connectivity index (χ1v) is 6.18. The molecule has 3 N–H and O–H groups in total. The maximum atomic E-state index is 11.9. The van der Waals surface area contributed by atoms with Gasteiger partial charge in [-0.25, -0.2) is 0 Å². The predicted molar refractivity (Wildman–Crippen MR) is 75.7 cm³/mol. The number of carbonyl (C=O) groups is 1. The minimum Gasteiger partial charge on any atom is -0.393 e. The summed E-state index contributed by atoms with van der Waals surface area (Å²) >= 11 is 16.6. The fourth-order valence-electron chi connectivity index (χ4n) is 1.34. The molecule has 1 rings (SSSR count). The second-order valence-electron chi connectivity index (χ2n) is 3.45. The molecule has 92 valence electrons. The van der Waals surface area contributed by atoms with E-state index in [1.54, 1.807) is 18.2 Å². The number of hydrogen-bond donors (Lipinski definition) is 2. The number of nitrogens with one attached hydrogen (secondary N) is 1. The molecule has 0 aliphatic carbocycles. The molecular formula is C11H12Cl2N2OS. The zero-order valence-corrected chi connectivity index (χ0v) is 11.5. The van der Waals surface area contributed by atoms with E-state index in [1.165, 1.54) is 0 Å². The SMILES string of the molecule is CCC(C(=O)Nc1cccc(Cl)c1Cl)C(N)=S. The molecule has 1 aromatic carbocycles. The largest absolute Gasteiger partial charge is 0.393 e. The van der Waals surface area contributed by atoms with Gasteiger partial charge in [0.1, 0.15) is 0 Å². The number of rotatable bonds is 4. The third-order valence-corrected chi connectivity index (χ3v) is 3.38. The van der Waals surface area contributed by atoms with Crippen LogP contribution in [-0.2, 0) is 4.79 Å². The molecule has 0 spiro atoms. The van der Waals surface area contributed by atoms with Gasteiger partial charge in [0.15, 0.2) is 0 Å². The van der Waals surface area contributed by atoms with Gasteiger partial charge in [-0.2, -0.15) is 0 Å². The minimum absolute atomic E-state index is 0.170. The molecule has 3 nitrogen and oxygen atoms in total.